The number of thiazole rings is 1. The summed E-state index contributed by atoms with van der Waals surface area (Å²) in [5.74, 6) is 0.832. The molecule has 2 heterocycles. The number of anilines is 1. The molecule has 1 aromatic heterocycles. The first-order valence-corrected chi connectivity index (χ1v) is 7.81. The highest BCUT2D eigenvalue weighted by Crippen LogP contribution is 2.35. The maximum absolute atomic E-state index is 12.6. The minimum absolute atomic E-state index is 0.108. The maximum atomic E-state index is 12.6. The molecular formula is C14H23N3OS. The van der Waals surface area contributed by atoms with E-state index in [1.165, 1.54) is 11.3 Å². The molecule has 1 saturated heterocycles. The van der Waals surface area contributed by atoms with Crippen molar-refractivity contribution in [1.82, 2.24) is 10.3 Å². The van der Waals surface area contributed by atoms with Crippen LogP contribution in [0.1, 0.15) is 45.7 Å². The lowest BCUT2D eigenvalue weighted by Gasteiger charge is -2.30. The highest BCUT2D eigenvalue weighted by Gasteiger charge is 2.44. The molecule has 1 atom stereocenters. The zero-order chi connectivity index (χ0) is 14.0. The first kappa shape index (κ1) is 14.5. The van der Waals surface area contributed by atoms with E-state index >= 15 is 0 Å². The van der Waals surface area contributed by atoms with Gasteiger partial charge in [0.25, 0.3) is 0 Å². The van der Waals surface area contributed by atoms with Gasteiger partial charge >= 0.3 is 0 Å². The smallest absolute Gasteiger partial charge is 0.233 e. The molecule has 2 N–H and O–H groups in total. The molecule has 2 rings (SSSR count). The van der Waals surface area contributed by atoms with Crippen LogP contribution in [0.25, 0.3) is 0 Å². The van der Waals surface area contributed by atoms with Crippen LogP contribution < -0.4 is 10.6 Å². The molecule has 1 aliphatic rings. The zero-order valence-electron chi connectivity index (χ0n) is 12.1. The predicted octanol–water partition coefficient (Wildman–Crippen LogP) is 2.84. The molecule has 19 heavy (non-hydrogen) atoms. The molecule has 0 aliphatic carbocycles. The van der Waals surface area contributed by atoms with Crippen molar-refractivity contribution in [3.8, 4) is 0 Å². The van der Waals surface area contributed by atoms with E-state index in [2.05, 4.69) is 43.3 Å². The third kappa shape index (κ3) is 2.82. The van der Waals surface area contributed by atoms with E-state index < -0.39 is 0 Å². The van der Waals surface area contributed by atoms with Crippen LogP contribution in [0, 0.1) is 11.3 Å². The van der Waals surface area contributed by atoms with Gasteiger partial charge in [0.2, 0.25) is 5.91 Å². The Morgan fingerprint density at radius 2 is 2.21 bits per heavy atom. The standard InChI is InChI=1S/C14H23N3OS/c1-9(2)11-7-19-13(16-11)17-12(18)14(10(3)4)5-6-15-8-14/h7,9-10,15H,5-6,8H2,1-4H3,(H,16,17,18). The van der Waals surface area contributed by atoms with Crippen molar-refractivity contribution < 1.29 is 4.79 Å². The Morgan fingerprint density at radius 1 is 1.47 bits per heavy atom. The van der Waals surface area contributed by atoms with Gasteiger partial charge in [-0.25, -0.2) is 4.98 Å². The van der Waals surface area contributed by atoms with Crippen LogP contribution in [0.15, 0.2) is 5.38 Å². The molecule has 1 fully saturated rings. The summed E-state index contributed by atoms with van der Waals surface area (Å²) in [6.45, 7) is 10.1. The van der Waals surface area contributed by atoms with E-state index in [0.29, 0.717) is 11.8 Å². The summed E-state index contributed by atoms with van der Waals surface area (Å²) in [6.07, 6.45) is 0.902. The zero-order valence-corrected chi connectivity index (χ0v) is 12.9. The van der Waals surface area contributed by atoms with Crippen LogP contribution >= 0.6 is 11.3 Å². The van der Waals surface area contributed by atoms with Crippen LogP contribution in [-0.4, -0.2) is 24.0 Å². The van der Waals surface area contributed by atoms with Crippen molar-refractivity contribution in [3.05, 3.63) is 11.1 Å². The molecule has 5 heteroatoms. The molecule has 0 saturated carbocycles. The third-order valence-electron chi connectivity index (χ3n) is 4.08. The largest absolute Gasteiger partial charge is 0.316 e. The fraction of sp³-hybridized carbons (Fsp3) is 0.714. The number of nitrogens with one attached hydrogen (secondary N) is 2. The molecule has 106 valence electrons. The molecule has 1 aliphatic heterocycles. The fourth-order valence-corrected chi connectivity index (χ4v) is 3.36. The summed E-state index contributed by atoms with van der Waals surface area (Å²) in [5, 5.41) is 9.06. The van der Waals surface area contributed by atoms with Gasteiger partial charge in [-0.05, 0) is 24.8 Å². The van der Waals surface area contributed by atoms with Crippen LogP contribution in [-0.2, 0) is 4.79 Å². The quantitative estimate of drug-likeness (QED) is 0.892. The SMILES string of the molecule is CC(C)c1csc(NC(=O)C2(C(C)C)CCNC2)n1. The van der Waals surface area contributed by atoms with E-state index in [9.17, 15) is 4.79 Å². The lowest BCUT2D eigenvalue weighted by Crippen LogP contribution is -2.42. The Kier molecular flexibility index (Phi) is 4.26. The summed E-state index contributed by atoms with van der Waals surface area (Å²) in [6, 6.07) is 0. The van der Waals surface area contributed by atoms with Gasteiger partial charge in [-0.15, -0.1) is 11.3 Å². The second-order valence-corrected chi connectivity index (χ2v) is 6.78. The Balaban J connectivity index is 2.11. The van der Waals surface area contributed by atoms with Crippen LogP contribution in [0.2, 0.25) is 0 Å². The number of hydrogen-bond donors (Lipinski definition) is 2. The molecule has 1 aromatic rings. The van der Waals surface area contributed by atoms with Crippen molar-refractivity contribution in [2.24, 2.45) is 11.3 Å². The third-order valence-corrected chi connectivity index (χ3v) is 4.86. The van der Waals surface area contributed by atoms with Crippen molar-refractivity contribution in [2.45, 2.75) is 40.0 Å². The van der Waals surface area contributed by atoms with Crippen molar-refractivity contribution in [2.75, 3.05) is 18.4 Å². The maximum Gasteiger partial charge on any atom is 0.233 e. The van der Waals surface area contributed by atoms with E-state index in [1.54, 1.807) is 0 Å². The topological polar surface area (TPSA) is 54.0 Å². The van der Waals surface area contributed by atoms with E-state index in [0.717, 1.165) is 30.3 Å². The van der Waals surface area contributed by atoms with Gasteiger partial charge in [0.1, 0.15) is 0 Å². The number of aromatic nitrogens is 1. The number of hydrogen-bond acceptors (Lipinski definition) is 4. The summed E-state index contributed by atoms with van der Waals surface area (Å²) >= 11 is 1.51. The number of carbonyl (C=O) groups excluding carboxylic acids is 1. The molecule has 0 radical (unpaired) electrons. The lowest BCUT2D eigenvalue weighted by molar-refractivity contribution is -0.126. The number of rotatable bonds is 4. The Bertz CT molecular complexity index is 447. The highest BCUT2D eigenvalue weighted by molar-refractivity contribution is 7.13. The molecule has 0 bridgehead atoms. The number of nitrogens with zero attached hydrogens (tertiary/aromatic N) is 1. The number of amides is 1. The lowest BCUT2D eigenvalue weighted by atomic mass is 9.75. The minimum Gasteiger partial charge on any atom is -0.316 e. The van der Waals surface area contributed by atoms with E-state index in [1.807, 2.05) is 5.38 Å². The average Bonchev–Trinajstić information content (AvgIpc) is 2.97. The molecule has 4 nitrogen and oxygen atoms in total. The normalized spacial score (nSPS) is 23.3. The summed E-state index contributed by atoms with van der Waals surface area (Å²) in [7, 11) is 0. The van der Waals surface area contributed by atoms with Crippen LogP contribution in [0.5, 0.6) is 0 Å². The van der Waals surface area contributed by atoms with Crippen molar-refractivity contribution in [1.29, 1.82) is 0 Å². The fourth-order valence-electron chi connectivity index (χ4n) is 2.49. The molecule has 0 spiro atoms. The first-order valence-electron chi connectivity index (χ1n) is 6.93. The first-order chi connectivity index (χ1) is 8.95. The van der Waals surface area contributed by atoms with Gasteiger partial charge in [-0.2, -0.15) is 0 Å². The Labute approximate surface area is 119 Å². The van der Waals surface area contributed by atoms with Gasteiger partial charge in [-0.3, -0.25) is 4.79 Å². The monoisotopic (exact) mass is 281 g/mol. The number of carbonyl (C=O) groups is 1. The van der Waals surface area contributed by atoms with E-state index in [4.69, 9.17) is 0 Å². The second-order valence-electron chi connectivity index (χ2n) is 5.92. The van der Waals surface area contributed by atoms with E-state index in [-0.39, 0.29) is 11.3 Å². The van der Waals surface area contributed by atoms with Gasteiger partial charge in [0, 0.05) is 11.9 Å². The molecule has 1 amide bonds. The van der Waals surface area contributed by atoms with Crippen LogP contribution in [0.4, 0.5) is 5.13 Å². The predicted molar refractivity (Wildman–Crippen MR) is 79.6 cm³/mol. The van der Waals surface area contributed by atoms with Gasteiger partial charge in [0.05, 0.1) is 11.1 Å². The van der Waals surface area contributed by atoms with Crippen molar-refractivity contribution in [3.63, 3.8) is 0 Å². The second kappa shape index (κ2) is 5.59. The Morgan fingerprint density at radius 3 is 2.68 bits per heavy atom. The molecule has 0 aromatic carbocycles. The van der Waals surface area contributed by atoms with Gasteiger partial charge in [-0.1, -0.05) is 27.7 Å². The molecular weight excluding hydrogens is 258 g/mol. The van der Waals surface area contributed by atoms with Crippen LogP contribution in [0.3, 0.4) is 0 Å². The highest BCUT2D eigenvalue weighted by atomic mass is 32.1. The van der Waals surface area contributed by atoms with Gasteiger partial charge in [0.15, 0.2) is 5.13 Å². The summed E-state index contributed by atoms with van der Waals surface area (Å²) in [5.41, 5.74) is 0.757. The average molecular weight is 281 g/mol. The summed E-state index contributed by atoms with van der Waals surface area (Å²) < 4.78 is 0. The molecule has 1 unspecified atom stereocenters. The Hall–Kier alpha value is -0.940. The summed E-state index contributed by atoms with van der Waals surface area (Å²) in [4.78, 5) is 17.1. The van der Waals surface area contributed by atoms with Gasteiger partial charge < -0.3 is 10.6 Å². The minimum atomic E-state index is -0.288. The van der Waals surface area contributed by atoms with Crippen molar-refractivity contribution >= 4 is 22.4 Å².